The van der Waals surface area contributed by atoms with E-state index < -0.39 is 15.9 Å². The number of anilines is 1. The van der Waals surface area contributed by atoms with E-state index in [2.05, 4.69) is 10.5 Å². The molecular formula is C24H31N3O3S. The lowest BCUT2D eigenvalue weighted by atomic mass is 9.99. The molecule has 0 heterocycles. The van der Waals surface area contributed by atoms with Crippen LogP contribution in [0.5, 0.6) is 0 Å². The largest absolute Gasteiger partial charge is 0.271 e. The standard InChI is InChI=1S/C24H31N3O3S/c1-19-10-14-22(15-11-19)27(31(29,30)23-16-12-20(2)13-17-23)18-24(28)26-25-21-8-6-4-3-5-7-9-21/h10-17H,3-9,18H2,1-2H3,(H,26,28). The van der Waals surface area contributed by atoms with Crippen molar-refractivity contribution in [3.05, 3.63) is 59.7 Å². The number of nitrogens with zero attached hydrogens (tertiary/aromatic N) is 2. The highest BCUT2D eigenvalue weighted by Gasteiger charge is 2.27. The molecule has 0 unspecified atom stereocenters. The van der Waals surface area contributed by atoms with E-state index in [9.17, 15) is 13.2 Å². The minimum atomic E-state index is -3.91. The summed E-state index contributed by atoms with van der Waals surface area (Å²) in [6, 6.07) is 13.7. The first-order valence-electron chi connectivity index (χ1n) is 10.9. The van der Waals surface area contributed by atoms with Gasteiger partial charge in [-0.2, -0.15) is 5.10 Å². The first-order valence-corrected chi connectivity index (χ1v) is 12.3. The van der Waals surface area contributed by atoms with E-state index in [1.165, 1.54) is 19.3 Å². The minimum Gasteiger partial charge on any atom is -0.271 e. The van der Waals surface area contributed by atoms with E-state index in [1.807, 2.05) is 26.0 Å². The summed E-state index contributed by atoms with van der Waals surface area (Å²) in [4.78, 5) is 12.8. The highest BCUT2D eigenvalue weighted by molar-refractivity contribution is 7.92. The van der Waals surface area contributed by atoms with Gasteiger partial charge in [-0.15, -0.1) is 0 Å². The number of carbonyl (C=O) groups is 1. The molecule has 1 fully saturated rings. The fourth-order valence-electron chi connectivity index (χ4n) is 3.60. The van der Waals surface area contributed by atoms with Crippen LogP contribution >= 0.6 is 0 Å². The number of benzene rings is 2. The maximum Gasteiger partial charge on any atom is 0.264 e. The minimum absolute atomic E-state index is 0.151. The summed E-state index contributed by atoms with van der Waals surface area (Å²) in [7, 11) is -3.91. The number of aryl methyl sites for hydroxylation is 2. The molecule has 0 aliphatic heterocycles. The van der Waals surface area contributed by atoms with Crippen molar-refractivity contribution in [2.24, 2.45) is 5.10 Å². The summed E-state index contributed by atoms with van der Waals surface area (Å²) < 4.78 is 27.9. The zero-order valence-corrected chi connectivity index (χ0v) is 19.1. The molecule has 1 N–H and O–H groups in total. The number of sulfonamides is 1. The number of amides is 1. The van der Waals surface area contributed by atoms with E-state index in [1.54, 1.807) is 36.4 Å². The van der Waals surface area contributed by atoms with Crippen molar-refractivity contribution in [2.75, 3.05) is 10.8 Å². The van der Waals surface area contributed by atoms with Gasteiger partial charge in [-0.05, 0) is 63.8 Å². The Morgan fingerprint density at radius 3 is 1.97 bits per heavy atom. The number of hydrogen-bond acceptors (Lipinski definition) is 4. The molecule has 0 spiro atoms. The molecule has 2 aromatic rings. The first-order chi connectivity index (χ1) is 14.9. The van der Waals surface area contributed by atoms with Gasteiger partial charge in [0.15, 0.2) is 0 Å². The second-order valence-electron chi connectivity index (χ2n) is 8.14. The highest BCUT2D eigenvalue weighted by Crippen LogP contribution is 2.24. The van der Waals surface area contributed by atoms with Gasteiger partial charge >= 0.3 is 0 Å². The Hall–Kier alpha value is -2.67. The number of hydrogen-bond donors (Lipinski definition) is 1. The Morgan fingerprint density at radius 1 is 0.871 bits per heavy atom. The van der Waals surface area contributed by atoms with E-state index >= 15 is 0 Å². The fraction of sp³-hybridized carbons (Fsp3) is 0.417. The molecule has 1 amide bonds. The van der Waals surface area contributed by atoms with Gasteiger partial charge in [0.1, 0.15) is 6.54 Å². The summed E-state index contributed by atoms with van der Waals surface area (Å²) >= 11 is 0. The van der Waals surface area contributed by atoms with Gasteiger partial charge in [-0.1, -0.05) is 54.7 Å². The predicted molar refractivity (Wildman–Crippen MR) is 125 cm³/mol. The lowest BCUT2D eigenvalue weighted by Gasteiger charge is -2.24. The second-order valence-corrected chi connectivity index (χ2v) is 10.0. The van der Waals surface area contributed by atoms with Crippen LogP contribution in [0.3, 0.4) is 0 Å². The van der Waals surface area contributed by atoms with Crippen LogP contribution in [0.2, 0.25) is 0 Å². The Balaban J connectivity index is 1.82. The number of rotatable bonds is 6. The van der Waals surface area contributed by atoms with Crippen LogP contribution in [0, 0.1) is 13.8 Å². The molecule has 31 heavy (non-hydrogen) atoms. The molecular weight excluding hydrogens is 410 g/mol. The van der Waals surface area contributed by atoms with Gasteiger partial charge < -0.3 is 0 Å². The molecule has 0 bridgehead atoms. The molecule has 1 saturated carbocycles. The Labute approximate surface area is 185 Å². The molecule has 7 heteroatoms. The molecule has 6 nitrogen and oxygen atoms in total. The molecule has 0 aromatic heterocycles. The first kappa shape index (κ1) is 23.0. The predicted octanol–water partition coefficient (Wildman–Crippen LogP) is 4.72. The molecule has 0 saturated heterocycles. The third-order valence-corrected chi connectivity index (χ3v) is 7.28. The average molecular weight is 442 g/mol. The van der Waals surface area contributed by atoms with Crippen molar-refractivity contribution < 1.29 is 13.2 Å². The number of hydrazone groups is 1. The van der Waals surface area contributed by atoms with Crippen LogP contribution in [0.15, 0.2) is 58.5 Å². The van der Waals surface area contributed by atoms with Crippen LogP contribution < -0.4 is 9.73 Å². The van der Waals surface area contributed by atoms with Crippen LogP contribution in [0.1, 0.15) is 56.1 Å². The monoisotopic (exact) mass is 441 g/mol. The van der Waals surface area contributed by atoms with Gasteiger partial charge in [-0.3, -0.25) is 9.10 Å². The van der Waals surface area contributed by atoms with Gasteiger partial charge in [0.2, 0.25) is 0 Å². The van der Waals surface area contributed by atoms with Crippen LogP contribution in [0.4, 0.5) is 5.69 Å². The van der Waals surface area contributed by atoms with Crippen molar-refractivity contribution in [2.45, 2.75) is 63.7 Å². The summed E-state index contributed by atoms with van der Waals surface area (Å²) in [5, 5.41) is 4.31. The molecule has 1 aliphatic carbocycles. The van der Waals surface area contributed by atoms with E-state index in [4.69, 9.17) is 0 Å². The summed E-state index contributed by atoms with van der Waals surface area (Å²) in [6.07, 6.45) is 7.53. The zero-order valence-electron chi connectivity index (χ0n) is 18.3. The molecule has 0 radical (unpaired) electrons. The highest BCUT2D eigenvalue weighted by atomic mass is 32.2. The molecule has 1 aliphatic rings. The quantitative estimate of drug-likeness (QED) is 0.659. The van der Waals surface area contributed by atoms with Crippen molar-refractivity contribution in [3.8, 4) is 0 Å². The van der Waals surface area contributed by atoms with Crippen molar-refractivity contribution in [1.29, 1.82) is 0 Å². The summed E-state index contributed by atoms with van der Waals surface area (Å²) in [5.41, 5.74) is 5.99. The van der Waals surface area contributed by atoms with E-state index in [-0.39, 0.29) is 11.4 Å². The second kappa shape index (κ2) is 10.6. The molecule has 3 rings (SSSR count). The zero-order chi connectivity index (χ0) is 22.3. The van der Waals surface area contributed by atoms with Gasteiger partial charge in [0, 0.05) is 5.71 Å². The Bertz CT molecular complexity index is 1000. The van der Waals surface area contributed by atoms with Gasteiger partial charge in [-0.25, -0.2) is 13.8 Å². The van der Waals surface area contributed by atoms with Crippen LogP contribution in [0.25, 0.3) is 0 Å². The fourth-order valence-corrected chi connectivity index (χ4v) is 5.02. The van der Waals surface area contributed by atoms with Crippen LogP contribution in [-0.2, 0) is 14.8 Å². The number of carbonyl (C=O) groups excluding carboxylic acids is 1. The van der Waals surface area contributed by atoms with Crippen molar-refractivity contribution in [3.63, 3.8) is 0 Å². The molecule has 166 valence electrons. The summed E-state index contributed by atoms with van der Waals surface area (Å²) in [5.74, 6) is -0.453. The third kappa shape index (κ3) is 6.40. The average Bonchev–Trinajstić information content (AvgIpc) is 2.72. The smallest absolute Gasteiger partial charge is 0.264 e. The maximum atomic E-state index is 13.4. The topological polar surface area (TPSA) is 78.8 Å². The molecule has 0 atom stereocenters. The Kier molecular flexibility index (Phi) is 7.85. The molecule has 2 aromatic carbocycles. The van der Waals surface area contributed by atoms with E-state index in [0.717, 1.165) is 46.8 Å². The van der Waals surface area contributed by atoms with E-state index in [0.29, 0.717) is 5.69 Å². The van der Waals surface area contributed by atoms with Crippen LogP contribution in [-0.4, -0.2) is 26.6 Å². The number of nitrogens with one attached hydrogen (secondary N) is 1. The summed E-state index contributed by atoms with van der Waals surface area (Å²) in [6.45, 7) is 3.49. The normalized spacial score (nSPS) is 15.0. The van der Waals surface area contributed by atoms with Crippen molar-refractivity contribution in [1.82, 2.24) is 5.43 Å². The maximum absolute atomic E-state index is 13.4. The lowest BCUT2D eigenvalue weighted by Crippen LogP contribution is -2.39. The SMILES string of the molecule is Cc1ccc(N(CC(=O)NN=C2CCCCCCC2)S(=O)(=O)c2ccc(C)cc2)cc1. The third-order valence-electron chi connectivity index (χ3n) is 5.49. The van der Waals surface area contributed by atoms with Crippen molar-refractivity contribution >= 4 is 27.3 Å². The lowest BCUT2D eigenvalue weighted by molar-refractivity contribution is -0.119. The van der Waals surface area contributed by atoms with Gasteiger partial charge in [0.05, 0.1) is 10.6 Å². The Morgan fingerprint density at radius 2 is 1.39 bits per heavy atom. The van der Waals surface area contributed by atoms with Gasteiger partial charge in [0.25, 0.3) is 15.9 Å².